The van der Waals surface area contributed by atoms with E-state index in [9.17, 15) is 9.18 Å². The molecule has 0 saturated heterocycles. The standard InChI is InChI=1S/C21H20FN5OS/c1-26-13-15(12-24-26)20-8-7-17(29-20)9-10-23-21(28)19-11-18(25-27(19)2)14-3-5-16(22)6-4-14/h3-8,11-13H,9-10H2,1-2H3,(H,23,28). The third-order valence-electron chi connectivity index (χ3n) is 4.56. The van der Waals surface area contributed by atoms with Gasteiger partial charge in [-0.15, -0.1) is 11.3 Å². The van der Waals surface area contributed by atoms with Gasteiger partial charge in [0.2, 0.25) is 0 Å². The van der Waals surface area contributed by atoms with Crippen LogP contribution in [-0.2, 0) is 20.5 Å². The van der Waals surface area contributed by atoms with Gasteiger partial charge in [-0.05, 0) is 48.9 Å². The van der Waals surface area contributed by atoms with Crippen LogP contribution in [0.5, 0.6) is 0 Å². The van der Waals surface area contributed by atoms with E-state index >= 15 is 0 Å². The molecule has 148 valence electrons. The van der Waals surface area contributed by atoms with Crippen LogP contribution in [0.4, 0.5) is 4.39 Å². The summed E-state index contributed by atoms with van der Waals surface area (Å²) >= 11 is 1.70. The lowest BCUT2D eigenvalue weighted by Crippen LogP contribution is -2.27. The van der Waals surface area contributed by atoms with Crippen LogP contribution in [0.15, 0.2) is 54.9 Å². The molecule has 3 heterocycles. The molecule has 3 aromatic heterocycles. The van der Waals surface area contributed by atoms with Crippen LogP contribution in [0.1, 0.15) is 15.4 Å². The number of rotatable bonds is 6. The van der Waals surface area contributed by atoms with Gasteiger partial charge in [0.15, 0.2) is 0 Å². The third-order valence-corrected chi connectivity index (χ3v) is 5.75. The number of hydrogen-bond acceptors (Lipinski definition) is 4. The SMILES string of the molecule is Cn1cc(-c2ccc(CCNC(=O)c3cc(-c4ccc(F)cc4)nn3C)s2)cn1. The smallest absolute Gasteiger partial charge is 0.269 e. The molecule has 0 aliphatic heterocycles. The molecular formula is C21H20FN5OS. The summed E-state index contributed by atoms with van der Waals surface area (Å²) in [7, 11) is 3.62. The second-order valence-electron chi connectivity index (χ2n) is 6.72. The van der Waals surface area contributed by atoms with Crippen LogP contribution in [0.3, 0.4) is 0 Å². The van der Waals surface area contributed by atoms with Gasteiger partial charge < -0.3 is 5.32 Å². The summed E-state index contributed by atoms with van der Waals surface area (Å²) in [5, 5.41) is 11.5. The minimum Gasteiger partial charge on any atom is -0.350 e. The van der Waals surface area contributed by atoms with Crippen molar-refractivity contribution in [3.05, 3.63) is 71.2 Å². The Labute approximate surface area is 171 Å². The fourth-order valence-electron chi connectivity index (χ4n) is 3.05. The number of aryl methyl sites for hydroxylation is 2. The third kappa shape index (κ3) is 4.27. The highest BCUT2D eigenvalue weighted by Gasteiger charge is 2.14. The van der Waals surface area contributed by atoms with E-state index in [-0.39, 0.29) is 11.7 Å². The van der Waals surface area contributed by atoms with Crippen LogP contribution in [0.25, 0.3) is 21.7 Å². The molecule has 0 radical (unpaired) electrons. The minimum absolute atomic E-state index is 0.183. The van der Waals surface area contributed by atoms with E-state index in [4.69, 9.17) is 0 Å². The Hall–Kier alpha value is -3.26. The fourth-order valence-corrected chi connectivity index (χ4v) is 4.03. The van der Waals surface area contributed by atoms with Crippen molar-refractivity contribution in [3.63, 3.8) is 0 Å². The first-order valence-corrected chi connectivity index (χ1v) is 9.97. The number of nitrogens with one attached hydrogen (secondary N) is 1. The van der Waals surface area contributed by atoms with Crippen molar-refractivity contribution >= 4 is 17.2 Å². The predicted molar refractivity (Wildman–Crippen MR) is 111 cm³/mol. The first kappa shape index (κ1) is 19.1. The maximum atomic E-state index is 13.1. The Bertz CT molecular complexity index is 1140. The molecule has 8 heteroatoms. The van der Waals surface area contributed by atoms with Crippen molar-refractivity contribution in [1.82, 2.24) is 24.9 Å². The lowest BCUT2D eigenvalue weighted by atomic mass is 10.1. The normalized spacial score (nSPS) is 11.0. The van der Waals surface area contributed by atoms with E-state index in [1.807, 2.05) is 19.4 Å². The van der Waals surface area contributed by atoms with E-state index in [1.165, 1.54) is 17.0 Å². The number of amides is 1. The molecule has 0 aliphatic rings. The van der Waals surface area contributed by atoms with Crippen molar-refractivity contribution < 1.29 is 9.18 Å². The van der Waals surface area contributed by atoms with Crippen molar-refractivity contribution in [1.29, 1.82) is 0 Å². The molecule has 6 nitrogen and oxygen atoms in total. The Balaban J connectivity index is 1.37. The highest BCUT2D eigenvalue weighted by atomic mass is 32.1. The van der Waals surface area contributed by atoms with E-state index in [1.54, 1.807) is 45.9 Å². The first-order chi connectivity index (χ1) is 14.0. The summed E-state index contributed by atoms with van der Waals surface area (Å²) in [6.07, 6.45) is 4.58. The molecule has 0 bridgehead atoms. The quantitative estimate of drug-likeness (QED) is 0.529. The van der Waals surface area contributed by atoms with E-state index in [2.05, 4.69) is 27.6 Å². The zero-order valence-corrected chi connectivity index (χ0v) is 16.9. The molecule has 1 N–H and O–H groups in total. The first-order valence-electron chi connectivity index (χ1n) is 9.15. The van der Waals surface area contributed by atoms with Crippen LogP contribution >= 0.6 is 11.3 Å². The minimum atomic E-state index is -0.303. The average molecular weight is 409 g/mol. The summed E-state index contributed by atoms with van der Waals surface area (Å²) in [5.41, 5.74) is 2.96. The molecule has 4 rings (SSSR count). The summed E-state index contributed by atoms with van der Waals surface area (Å²) in [4.78, 5) is 14.9. The molecule has 0 atom stereocenters. The molecular weight excluding hydrogens is 389 g/mol. The molecule has 4 aromatic rings. The van der Waals surface area contributed by atoms with Gasteiger partial charge in [0.25, 0.3) is 5.91 Å². The van der Waals surface area contributed by atoms with Gasteiger partial charge in [0.1, 0.15) is 11.5 Å². The number of carbonyl (C=O) groups is 1. The van der Waals surface area contributed by atoms with Crippen molar-refractivity contribution in [3.8, 4) is 21.7 Å². The van der Waals surface area contributed by atoms with Crippen LogP contribution in [-0.4, -0.2) is 32.0 Å². The number of benzene rings is 1. The summed E-state index contributed by atoms with van der Waals surface area (Å²) in [5.74, 6) is -0.486. The van der Waals surface area contributed by atoms with Gasteiger partial charge >= 0.3 is 0 Å². The molecule has 0 aliphatic carbocycles. The zero-order chi connectivity index (χ0) is 20.4. The van der Waals surface area contributed by atoms with Crippen LogP contribution < -0.4 is 5.32 Å². The van der Waals surface area contributed by atoms with Gasteiger partial charge in [0, 0.05) is 47.7 Å². The van der Waals surface area contributed by atoms with Gasteiger partial charge in [-0.2, -0.15) is 10.2 Å². The lowest BCUT2D eigenvalue weighted by Gasteiger charge is -2.04. The summed E-state index contributed by atoms with van der Waals surface area (Å²) in [6, 6.07) is 11.9. The van der Waals surface area contributed by atoms with Gasteiger partial charge in [-0.1, -0.05) is 0 Å². The Morgan fingerprint density at radius 2 is 1.93 bits per heavy atom. The number of carbonyl (C=O) groups excluding carboxylic acids is 1. The predicted octanol–water partition coefficient (Wildman–Crippen LogP) is 3.66. The molecule has 0 fully saturated rings. The highest BCUT2D eigenvalue weighted by molar-refractivity contribution is 7.15. The molecule has 1 aromatic carbocycles. The summed E-state index contributed by atoms with van der Waals surface area (Å²) in [6.45, 7) is 0.531. The zero-order valence-electron chi connectivity index (χ0n) is 16.1. The second kappa shape index (κ2) is 8.00. The van der Waals surface area contributed by atoms with Crippen LogP contribution in [0, 0.1) is 5.82 Å². The summed E-state index contributed by atoms with van der Waals surface area (Å²) < 4.78 is 16.4. The molecule has 0 saturated carbocycles. The van der Waals surface area contributed by atoms with E-state index in [0.29, 0.717) is 17.9 Å². The fraction of sp³-hybridized carbons (Fsp3) is 0.190. The van der Waals surface area contributed by atoms with Gasteiger partial charge in [0.05, 0.1) is 11.9 Å². The van der Waals surface area contributed by atoms with Crippen molar-refractivity contribution in [2.75, 3.05) is 6.54 Å². The Morgan fingerprint density at radius 3 is 2.66 bits per heavy atom. The number of hydrogen-bond donors (Lipinski definition) is 1. The van der Waals surface area contributed by atoms with Crippen molar-refractivity contribution in [2.24, 2.45) is 14.1 Å². The molecule has 1 amide bonds. The second-order valence-corrected chi connectivity index (χ2v) is 7.89. The topological polar surface area (TPSA) is 64.7 Å². The Kier molecular flexibility index (Phi) is 5.26. The average Bonchev–Trinajstić information content (AvgIpc) is 3.42. The monoisotopic (exact) mass is 409 g/mol. The number of halogens is 1. The number of thiophene rings is 1. The van der Waals surface area contributed by atoms with Gasteiger partial charge in [-0.25, -0.2) is 4.39 Å². The lowest BCUT2D eigenvalue weighted by molar-refractivity contribution is 0.0945. The largest absolute Gasteiger partial charge is 0.350 e. The Morgan fingerprint density at radius 1 is 1.14 bits per heavy atom. The van der Waals surface area contributed by atoms with Crippen molar-refractivity contribution in [2.45, 2.75) is 6.42 Å². The number of nitrogens with zero attached hydrogens (tertiary/aromatic N) is 4. The maximum Gasteiger partial charge on any atom is 0.269 e. The van der Waals surface area contributed by atoms with Crippen LogP contribution in [0.2, 0.25) is 0 Å². The molecule has 29 heavy (non-hydrogen) atoms. The molecule has 0 unspecified atom stereocenters. The van der Waals surface area contributed by atoms with E-state index < -0.39 is 0 Å². The highest BCUT2D eigenvalue weighted by Crippen LogP contribution is 2.27. The molecule has 0 spiro atoms. The number of aromatic nitrogens is 4. The van der Waals surface area contributed by atoms with Gasteiger partial charge in [-0.3, -0.25) is 14.2 Å². The maximum absolute atomic E-state index is 13.1. The van der Waals surface area contributed by atoms with E-state index in [0.717, 1.165) is 22.4 Å².